The summed E-state index contributed by atoms with van der Waals surface area (Å²) in [5, 5.41) is 0. The molecule has 0 amide bonds. The topological polar surface area (TPSA) is 0 Å². The molecule has 3 aliphatic carbocycles. The van der Waals surface area contributed by atoms with Crippen LogP contribution in [0.4, 0.5) is 0 Å². The Kier molecular flexibility index (Phi) is 7.11. The van der Waals surface area contributed by atoms with Crippen molar-refractivity contribution in [3.8, 4) is 0 Å². The Bertz CT molecular complexity index is 383. The van der Waals surface area contributed by atoms with Crippen molar-refractivity contribution < 1.29 is 20.8 Å². The van der Waals surface area contributed by atoms with Gasteiger partial charge in [0, 0.05) is 11.8 Å². The molecule has 3 heteroatoms. The Morgan fingerprint density at radius 3 is 2.14 bits per heavy atom. The summed E-state index contributed by atoms with van der Waals surface area (Å²) in [5.41, 5.74) is 0.0760. The number of rotatable bonds is 2. The maximum absolute atomic E-state index is 4.93. The van der Waals surface area contributed by atoms with E-state index in [9.17, 15) is 0 Å². The second kappa shape index (κ2) is 8.16. The predicted octanol–water partition coefficient (Wildman–Crippen LogP) is 5.46. The summed E-state index contributed by atoms with van der Waals surface area (Å²) in [6, 6.07) is 0. The molecular formula is C18H18Cl2Zr+2. The fourth-order valence-electron chi connectivity index (χ4n) is 2.97. The molecule has 0 aromatic rings. The van der Waals surface area contributed by atoms with Gasteiger partial charge in [0.2, 0.25) is 0 Å². The van der Waals surface area contributed by atoms with Crippen LogP contribution in [0.3, 0.4) is 0 Å². The SMILES string of the molecule is C[C]1[C]2C=CC=C[C]2[CH][C]1C(C)(C)[C]1[CH][CH][CH][CH]1.[Cl][Zr+2][Cl]. The Hall–Kier alpha value is 0.943. The van der Waals surface area contributed by atoms with Gasteiger partial charge in [0.05, 0.1) is 0 Å². The molecule has 21 heavy (non-hydrogen) atoms. The molecule has 2 saturated carbocycles. The van der Waals surface area contributed by atoms with Crippen LogP contribution in [-0.4, -0.2) is 0 Å². The van der Waals surface area contributed by atoms with Gasteiger partial charge in [-0.05, 0) is 55.3 Å². The van der Waals surface area contributed by atoms with Crippen molar-refractivity contribution in [2.75, 3.05) is 0 Å². The molecule has 0 aliphatic heterocycles. The van der Waals surface area contributed by atoms with Crippen LogP contribution in [0.2, 0.25) is 0 Å². The standard InChI is InChI=1S/C18H18.2ClH.Zr/c1-13-16-11-7-4-8-14(16)12-17(13)18(2,3)15-9-5-6-10-15;;;/h4-12H,1-3H3;2*1H;/q;;;+4/p-2. The van der Waals surface area contributed by atoms with Crippen molar-refractivity contribution in [1.29, 1.82) is 0 Å². The molecule has 0 spiro atoms. The van der Waals surface area contributed by atoms with Crippen LogP contribution in [0.5, 0.6) is 0 Å². The van der Waals surface area contributed by atoms with Crippen LogP contribution in [0.15, 0.2) is 24.3 Å². The van der Waals surface area contributed by atoms with Crippen molar-refractivity contribution in [3.63, 3.8) is 0 Å². The van der Waals surface area contributed by atoms with E-state index >= 15 is 0 Å². The van der Waals surface area contributed by atoms with Crippen molar-refractivity contribution in [1.82, 2.24) is 0 Å². The minimum atomic E-state index is -0.826. The van der Waals surface area contributed by atoms with Crippen LogP contribution >= 0.6 is 17.0 Å². The molecule has 0 atom stereocenters. The van der Waals surface area contributed by atoms with Gasteiger partial charge in [-0.25, -0.2) is 0 Å². The predicted molar refractivity (Wildman–Crippen MR) is 87.2 cm³/mol. The average molecular weight is 396 g/mol. The van der Waals surface area contributed by atoms with Crippen LogP contribution in [0, 0.1) is 67.1 Å². The summed E-state index contributed by atoms with van der Waals surface area (Å²) < 4.78 is 0. The molecule has 3 rings (SSSR count). The molecular weight excluding hydrogens is 378 g/mol. The Labute approximate surface area is 149 Å². The molecule has 0 unspecified atom stereocenters. The van der Waals surface area contributed by atoms with Crippen LogP contribution in [-0.2, 0) is 20.8 Å². The summed E-state index contributed by atoms with van der Waals surface area (Å²) in [7, 11) is 9.87. The summed E-state index contributed by atoms with van der Waals surface area (Å²) in [6.07, 6.45) is 19.7. The third-order valence-corrected chi connectivity index (χ3v) is 4.13. The summed E-state index contributed by atoms with van der Waals surface area (Å²) in [5.74, 6) is 6.98. The molecule has 0 saturated heterocycles. The van der Waals surface area contributed by atoms with Crippen molar-refractivity contribution in [3.05, 3.63) is 86.0 Å². The van der Waals surface area contributed by atoms with Gasteiger partial charge in [-0.15, -0.1) is 0 Å². The van der Waals surface area contributed by atoms with Gasteiger partial charge >= 0.3 is 37.9 Å². The Morgan fingerprint density at radius 2 is 1.57 bits per heavy atom. The zero-order chi connectivity index (χ0) is 15.5. The minimum absolute atomic E-state index is 0.0760. The molecule has 0 nitrogen and oxygen atoms in total. The third kappa shape index (κ3) is 4.08. The van der Waals surface area contributed by atoms with E-state index in [2.05, 4.69) is 77.2 Å². The van der Waals surface area contributed by atoms with E-state index in [-0.39, 0.29) is 5.41 Å². The van der Waals surface area contributed by atoms with Gasteiger partial charge in [-0.3, -0.25) is 0 Å². The van der Waals surface area contributed by atoms with Gasteiger partial charge in [-0.2, -0.15) is 0 Å². The van der Waals surface area contributed by atoms with Gasteiger partial charge in [-0.1, -0.05) is 45.1 Å². The molecule has 0 heterocycles. The van der Waals surface area contributed by atoms with E-state index in [0.717, 1.165) is 0 Å². The number of hydrogen-bond donors (Lipinski definition) is 0. The molecule has 3 aliphatic rings. The molecule has 10 radical (unpaired) electrons. The number of allylic oxidation sites excluding steroid dienone is 4. The monoisotopic (exact) mass is 394 g/mol. The fourth-order valence-corrected chi connectivity index (χ4v) is 2.97. The van der Waals surface area contributed by atoms with E-state index in [1.54, 1.807) is 0 Å². The first-order valence-corrected chi connectivity index (χ1v) is 13.2. The Morgan fingerprint density at radius 1 is 1.00 bits per heavy atom. The van der Waals surface area contributed by atoms with Gasteiger partial charge in [0.25, 0.3) is 0 Å². The first kappa shape index (κ1) is 18.3. The van der Waals surface area contributed by atoms with Gasteiger partial charge in [0.15, 0.2) is 0 Å². The number of hydrogen-bond acceptors (Lipinski definition) is 0. The second-order valence-corrected chi connectivity index (χ2v) is 9.37. The van der Waals surface area contributed by atoms with Crippen LogP contribution in [0.1, 0.15) is 20.8 Å². The van der Waals surface area contributed by atoms with Crippen LogP contribution in [0.25, 0.3) is 0 Å². The van der Waals surface area contributed by atoms with Crippen molar-refractivity contribution >= 4 is 17.0 Å². The molecule has 2 fully saturated rings. The normalized spacial score (nSPS) is 24.8. The van der Waals surface area contributed by atoms with Crippen molar-refractivity contribution in [2.24, 2.45) is 5.41 Å². The summed E-state index contributed by atoms with van der Waals surface area (Å²) >= 11 is -0.826. The van der Waals surface area contributed by atoms with Gasteiger partial charge in [0.1, 0.15) is 0 Å². The zero-order valence-corrected chi connectivity index (χ0v) is 16.4. The molecule has 0 N–H and O–H groups in total. The van der Waals surface area contributed by atoms with E-state index in [0.29, 0.717) is 0 Å². The molecule has 0 aromatic carbocycles. The number of halogens is 2. The maximum atomic E-state index is 4.93. The Balaban J connectivity index is 0.000000497. The summed E-state index contributed by atoms with van der Waals surface area (Å²) in [4.78, 5) is 0. The van der Waals surface area contributed by atoms with E-state index < -0.39 is 20.8 Å². The molecule has 0 bridgehead atoms. The van der Waals surface area contributed by atoms with Gasteiger partial charge < -0.3 is 0 Å². The quantitative estimate of drug-likeness (QED) is 0.582. The first-order chi connectivity index (χ1) is 10.0. The van der Waals surface area contributed by atoms with E-state index in [4.69, 9.17) is 17.0 Å². The first-order valence-electron chi connectivity index (χ1n) is 6.86. The van der Waals surface area contributed by atoms with Crippen molar-refractivity contribution in [2.45, 2.75) is 20.8 Å². The van der Waals surface area contributed by atoms with Crippen LogP contribution < -0.4 is 0 Å². The second-order valence-electron chi connectivity index (χ2n) is 5.64. The summed E-state index contributed by atoms with van der Waals surface area (Å²) in [6.45, 7) is 6.86. The number of fused-ring (bicyclic) bond motifs is 1. The van der Waals surface area contributed by atoms with E-state index in [1.165, 1.54) is 29.6 Å². The zero-order valence-electron chi connectivity index (χ0n) is 12.5. The third-order valence-electron chi connectivity index (χ3n) is 4.13. The molecule has 106 valence electrons. The fraction of sp³-hybridized carbons (Fsp3) is 0.222. The van der Waals surface area contributed by atoms with E-state index in [1.807, 2.05) is 0 Å². The molecule has 0 aromatic heterocycles. The average Bonchev–Trinajstić information content (AvgIpc) is 3.09.